The fraction of sp³-hybridized carbons (Fsp3) is 0.294. The van der Waals surface area contributed by atoms with Crippen molar-refractivity contribution < 1.29 is 4.74 Å². The number of rotatable bonds is 5. The quantitative estimate of drug-likeness (QED) is 0.914. The Morgan fingerprint density at radius 1 is 1.24 bits per heavy atom. The topological polar surface area (TPSA) is 57.9 Å². The number of pyridine rings is 1. The summed E-state index contributed by atoms with van der Waals surface area (Å²) in [5.41, 5.74) is 3.61. The molecule has 0 spiro atoms. The number of nitrogens with one attached hydrogen (secondary N) is 1. The first kappa shape index (κ1) is 15.0. The summed E-state index contributed by atoms with van der Waals surface area (Å²) in [6, 6.07) is 10.4. The van der Waals surface area contributed by atoms with Crippen LogP contribution < -0.4 is 10.1 Å². The molecule has 2 rings (SSSR count). The minimum atomic E-state index is 0.405. The van der Waals surface area contributed by atoms with Gasteiger partial charge in [0.25, 0.3) is 0 Å². The molecule has 0 saturated heterocycles. The Bertz CT molecular complexity index is 659. The molecule has 0 aliphatic carbocycles. The Kier molecular flexibility index (Phi) is 4.91. The molecule has 1 N–H and O–H groups in total. The van der Waals surface area contributed by atoms with E-state index in [1.54, 1.807) is 19.5 Å². The van der Waals surface area contributed by atoms with E-state index in [0.29, 0.717) is 11.6 Å². The molecule has 1 heterocycles. The van der Waals surface area contributed by atoms with Crippen LogP contribution in [0.2, 0.25) is 0 Å². The molecule has 108 valence electrons. The lowest BCUT2D eigenvalue weighted by atomic mass is 10.0. The SMILES string of the molecule is COc1ccc(-c2cncc(C#N)c2)cc1CNC(C)C. The van der Waals surface area contributed by atoms with Gasteiger partial charge in [-0.25, -0.2) is 0 Å². The monoisotopic (exact) mass is 281 g/mol. The van der Waals surface area contributed by atoms with Crippen molar-refractivity contribution in [3.8, 4) is 22.9 Å². The molecule has 0 atom stereocenters. The summed E-state index contributed by atoms with van der Waals surface area (Å²) in [7, 11) is 1.67. The maximum absolute atomic E-state index is 8.97. The van der Waals surface area contributed by atoms with Crippen molar-refractivity contribution in [1.29, 1.82) is 5.26 Å². The molecule has 0 bridgehead atoms. The van der Waals surface area contributed by atoms with E-state index >= 15 is 0 Å². The third-order valence-corrected chi connectivity index (χ3v) is 3.18. The van der Waals surface area contributed by atoms with Gasteiger partial charge < -0.3 is 10.1 Å². The van der Waals surface area contributed by atoms with Crippen molar-refractivity contribution in [3.05, 3.63) is 47.8 Å². The second-order valence-corrected chi connectivity index (χ2v) is 5.14. The zero-order chi connectivity index (χ0) is 15.2. The van der Waals surface area contributed by atoms with E-state index in [1.807, 2.05) is 18.2 Å². The Hall–Kier alpha value is -2.38. The Morgan fingerprint density at radius 3 is 2.71 bits per heavy atom. The molecular formula is C17H19N3O. The molecule has 0 fully saturated rings. The van der Waals surface area contributed by atoms with Gasteiger partial charge in [-0.15, -0.1) is 0 Å². The average molecular weight is 281 g/mol. The predicted molar refractivity (Wildman–Crippen MR) is 82.9 cm³/mol. The molecule has 0 unspecified atom stereocenters. The zero-order valence-corrected chi connectivity index (χ0v) is 12.6. The van der Waals surface area contributed by atoms with Gasteiger partial charge >= 0.3 is 0 Å². The number of hydrogen-bond donors (Lipinski definition) is 1. The Labute approximate surface area is 125 Å². The van der Waals surface area contributed by atoms with Crippen LogP contribution in [0.5, 0.6) is 5.75 Å². The van der Waals surface area contributed by atoms with Crippen molar-refractivity contribution >= 4 is 0 Å². The van der Waals surface area contributed by atoms with E-state index in [4.69, 9.17) is 10.00 Å². The summed E-state index contributed by atoms with van der Waals surface area (Å²) in [5.74, 6) is 0.858. The number of aromatic nitrogens is 1. The van der Waals surface area contributed by atoms with Crippen LogP contribution in [-0.4, -0.2) is 18.1 Å². The number of ether oxygens (including phenoxy) is 1. The molecule has 4 nitrogen and oxygen atoms in total. The minimum Gasteiger partial charge on any atom is -0.496 e. The highest BCUT2D eigenvalue weighted by molar-refractivity contribution is 5.66. The normalized spacial score (nSPS) is 10.4. The maximum atomic E-state index is 8.97. The molecule has 0 amide bonds. The van der Waals surface area contributed by atoms with Crippen LogP contribution in [0.3, 0.4) is 0 Å². The minimum absolute atomic E-state index is 0.405. The fourth-order valence-electron chi connectivity index (χ4n) is 2.07. The summed E-state index contributed by atoms with van der Waals surface area (Å²) in [4.78, 5) is 4.11. The molecule has 0 aliphatic rings. The second-order valence-electron chi connectivity index (χ2n) is 5.14. The van der Waals surface area contributed by atoms with Crippen molar-refractivity contribution in [1.82, 2.24) is 10.3 Å². The standard InChI is InChI=1S/C17H19N3O/c1-12(2)20-11-16-7-14(4-5-17(16)21-3)15-6-13(8-18)9-19-10-15/h4-7,9-10,12,20H,11H2,1-3H3. The summed E-state index contributed by atoms with van der Waals surface area (Å²) in [6.45, 7) is 4.95. The van der Waals surface area contributed by atoms with Gasteiger partial charge in [0, 0.05) is 36.1 Å². The summed E-state index contributed by atoms with van der Waals surface area (Å²) in [5, 5.41) is 12.4. The molecule has 1 aromatic heterocycles. The third-order valence-electron chi connectivity index (χ3n) is 3.18. The van der Waals surface area contributed by atoms with Gasteiger partial charge in [-0.05, 0) is 23.8 Å². The van der Waals surface area contributed by atoms with E-state index in [1.165, 1.54) is 0 Å². The molecule has 4 heteroatoms. The molecule has 0 saturated carbocycles. The van der Waals surface area contributed by atoms with Crippen LogP contribution in [0, 0.1) is 11.3 Å². The van der Waals surface area contributed by atoms with Crippen LogP contribution in [0.15, 0.2) is 36.7 Å². The molecule has 0 radical (unpaired) electrons. The van der Waals surface area contributed by atoms with Crippen LogP contribution in [0.25, 0.3) is 11.1 Å². The maximum Gasteiger partial charge on any atom is 0.123 e. The lowest BCUT2D eigenvalue weighted by Crippen LogP contribution is -2.22. The number of benzene rings is 1. The Morgan fingerprint density at radius 2 is 2.05 bits per heavy atom. The lowest BCUT2D eigenvalue weighted by molar-refractivity contribution is 0.406. The second kappa shape index (κ2) is 6.87. The molecule has 21 heavy (non-hydrogen) atoms. The van der Waals surface area contributed by atoms with Crippen molar-refractivity contribution in [2.75, 3.05) is 7.11 Å². The van der Waals surface area contributed by atoms with E-state index < -0.39 is 0 Å². The van der Waals surface area contributed by atoms with Gasteiger partial charge in [-0.1, -0.05) is 19.9 Å². The highest BCUT2D eigenvalue weighted by Gasteiger charge is 2.07. The van der Waals surface area contributed by atoms with Gasteiger partial charge in [-0.3, -0.25) is 4.98 Å². The number of methoxy groups -OCH3 is 1. The first-order valence-electron chi connectivity index (χ1n) is 6.90. The molecule has 1 aromatic carbocycles. The van der Waals surface area contributed by atoms with E-state index in [-0.39, 0.29) is 0 Å². The van der Waals surface area contributed by atoms with Gasteiger partial charge in [0.2, 0.25) is 0 Å². The smallest absolute Gasteiger partial charge is 0.123 e. The summed E-state index contributed by atoms with van der Waals surface area (Å²) >= 11 is 0. The van der Waals surface area contributed by atoms with Crippen LogP contribution >= 0.6 is 0 Å². The Balaban J connectivity index is 2.36. The van der Waals surface area contributed by atoms with Crippen molar-refractivity contribution in [2.24, 2.45) is 0 Å². The first-order valence-corrected chi connectivity index (χ1v) is 6.90. The largest absolute Gasteiger partial charge is 0.496 e. The van der Waals surface area contributed by atoms with Crippen LogP contribution in [0.1, 0.15) is 25.0 Å². The van der Waals surface area contributed by atoms with E-state index in [2.05, 4.69) is 36.3 Å². The molecular weight excluding hydrogens is 262 g/mol. The summed E-state index contributed by atoms with van der Waals surface area (Å²) in [6.07, 6.45) is 3.33. The van der Waals surface area contributed by atoms with Gasteiger partial charge in [0.1, 0.15) is 11.8 Å². The van der Waals surface area contributed by atoms with Crippen molar-refractivity contribution in [2.45, 2.75) is 26.4 Å². The van der Waals surface area contributed by atoms with E-state index in [0.717, 1.165) is 29.0 Å². The van der Waals surface area contributed by atoms with Crippen LogP contribution in [-0.2, 0) is 6.54 Å². The highest BCUT2D eigenvalue weighted by Crippen LogP contribution is 2.26. The van der Waals surface area contributed by atoms with Crippen LogP contribution in [0.4, 0.5) is 0 Å². The first-order chi connectivity index (χ1) is 10.1. The lowest BCUT2D eigenvalue weighted by Gasteiger charge is -2.13. The molecule has 0 aliphatic heterocycles. The van der Waals surface area contributed by atoms with Gasteiger partial charge in [0.15, 0.2) is 0 Å². The van der Waals surface area contributed by atoms with Gasteiger partial charge in [0.05, 0.1) is 12.7 Å². The molecule has 2 aromatic rings. The zero-order valence-electron chi connectivity index (χ0n) is 12.6. The number of hydrogen-bond acceptors (Lipinski definition) is 4. The van der Waals surface area contributed by atoms with E-state index in [9.17, 15) is 0 Å². The average Bonchev–Trinajstić information content (AvgIpc) is 2.52. The van der Waals surface area contributed by atoms with Crippen molar-refractivity contribution in [3.63, 3.8) is 0 Å². The highest BCUT2D eigenvalue weighted by atomic mass is 16.5. The third kappa shape index (κ3) is 3.80. The van der Waals surface area contributed by atoms with Gasteiger partial charge in [-0.2, -0.15) is 5.26 Å². The summed E-state index contributed by atoms with van der Waals surface area (Å²) < 4.78 is 5.41. The predicted octanol–water partition coefficient (Wildman–Crippen LogP) is 3.13. The number of nitriles is 1. The fourth-order valence-corrected chi connectivity index (χ4v) is 2.07. The number of nitrogens with zero attached hydrogens (tertiary/aromatic N) is 2.